The molecular formula is C28H22N8. The Morgan fingerprint density at radius 2 is 1.11 bits per heavy atom. The van der Waals surface area contributed by atoms with Gasteiger partial charge in [-0.15, -0.1) is 0 Å². The van der Waals surface area contributed by atoms with Crippen LogP contribution in [-0.2, 0) is 14.1 Å². The quantitative estimate of drug-likeness (QED) is 0.351. The molecule has 0 unspecified atom stereocenters. The minimum absolute atomic E-state index is 0.863. The minimum atomic E-state index is 0.863. The Morgan fingerprint density at radius 3 is 1.58 bits per heavy atom. The molecule has 8 nitrogen and oxygen atoms in total. The lowest BCUT2D eigenvalue weighted by molar-refractivity contribution is 0.768. The smallest absolute Gasteiger partial charge is 0.0738 e. The van der Waals surface area contributed by atoms with Gasteiger partial charge in [-0.1, -0.05) is 0 Å². The fraction of sp³-hybridized carbons (Fsp3) is 0.0714. The van der Waals surface area contributed by atoms with Gasteiger partial charge in [0.15, 0.2) is 0 Å². The molecule has 0 aliphatic carbocycles. The molecule has 5 aromatic heterocycles. The number of hydrogen-bond donors (Lipinski definition) is 2. The van der Waals surface area contributed by atoms with Crippen LogP contribution in [-0.4, -0.2) is 39.5 Å². The predicted molar refractivity (Wildman–Crippen MR) is 143 cm³/mol. The van der Waals surface area contributed by atoms with Crippen molar-refractivity contribution in [2.45, 2.75) is 0 Å². The lowest BCUT2D eigenvalue weighted by atomic mass is 10.1. The number of rotatable bonds is 2. The summed E-state index contributed by atoms with van der Waals surface area (Å²) in [5, 5.41) is 8.78. The van der Waals surface area contributed by atoms with Crippen LogP contribution in [0, 0.1) is 0 Å². The van der Waals surface area contributed by atoms with E-state index in [0.29, 0.717) is 0 Å². The highest BCUT2D eigenvalue weighted by Crippen LogP contribution is 2.32. The maximum atomic E-state index is 4.94. The van der Waals surface area contributed by atoms with Crippen LogP contribution < -0.4 is 0 Å². The van der Waals surface area contributed by atoms with E-state index in [1.54, 1.807) is 4.68 Å². The van der Waals surface area contributed by atoms with Crippen molar-refractivity contribution in [2.75, 3.05) is 0 Å². The Labute approximate surface area is 206 Å². The summed E-state index contributed by atoms with van der Waals surface area (Å²) in [6.07, 6.45) is 15.9. The Bertz CT molecular complexity index is 1780. The van der Waals surface area contributed by atoms with Crippen LogP contribution in [0.15, 0.2) is 61.2 Å². The Morgan fingerprint density at radius 1 is 0.611 bits per heavy atom. The van der Waals surface area contributed by atoms with Gasteiger partial charge in [0.2, 0.25) is 0 Å². The van der Waals surface area contributed by atoms with Gasteiger partial charge in [0, 0.05) is 70.8 Å². The molecule has 36 heavy (non-hydrogen) atoms. The zero-order valence-electron chi connectivity index (χ0n) is 19.8. The third-order valence-electron chi connectivity index (χ3n) is 6.38. The van der Waals surface area contributed by atoms with Crippen molar-refractivity contribution in [2.24, 2.45) is 14.1 Å². The second-order valence-electron chi connectivity index (χ2n) is 9.01. The van der Waals surface area contributed by atoms with Crippen molar-refractivity contribution < 1.29 is 0 Å². The van der Waals surface area contributed by atoms with Gasteiger partial charge in [0.05, 0.1) is 35.2 Å². The number of nitrogens with zero attached hydrogens (tertiary/aromatic N) is 6. The van der Waals surface area contributed by atoms with Crippen LogP contribution in [0.5, 0.6) is 0 Å². The zero-order chi connectivity index (χ0) is 24.2. The first-order valence-corrected chi connectivity index (χ1v) is 11.7. The van der Waals surface area contributed by atoms with Gasteiger partial charge in [-0.2, -0.15) is 10.2 Å². The number of hydrogen-bond acceptors (Lipinski definition) is 4. The van der Waals surface area contributed by atoms with E-state index in [0.717, 1.165) is 67.1 Å². The second-order valence-corrected chi connectivity index (χ2v) is 9.01. The van der Waals surface area contributed by atoms with E-state index in [-0.39, 0.29) is 0 Å². The van der Waals surface area contributed by atoms with Crippen molar-refractivity contribution in [1.82, 2.24) is 39.5 Å². The van der Waals surface area contributed by atoms with E-state index >= 15 is 0 Å². The molecule has 5 aromatic rings. The lowest BCUT2D eigenvalue weighted by Crippen LogP contribution is -1.88. The van der Waals surface area contributed by atoms with Gasteiger partial charge in [0.25, 0.3) is 0 Å². The molecule has 8 heteroatoms. The first-order chi connectivity index (χ1) is 17.6. The maximum absolute atomic E-state index is 4.94. The zero-order valence-corrected chi connectivity index (χ0v) is 19.8. The van der Waals surface area contributed by atoms with Gasteiger partial charge >= 0.3 is 0 Å². The molecule has 0 radical (unpaired) electrons. The summed E-state index contributed by atoms with van der Waals surface area (Å²) in [5.74, 6) is 0. The van der Waals surface area contributed by atoms with Crippen LogP contribution in [0.1, 0.15) is 22.8 Å². The third-order valence-corrected chi connectivity index (χ3v) is 6.38. The molecule has 8 bridgehead atoms. The summed E-state index contributed by atoms with van der Waals surface area (Å²) >= 11 is 0. The third kappa shape index (κ3) is 3.47. The molecule has 0 saturated carbocycles. The summed E-state index contributed by atoms with van der Waals surface area (Å²) < 4.78 is 3.61. The molecule has 7 rings (SSSR count). The molecule has 0 fully saturated rings. The molecule has 2 N–H and O–H groups in total. The van der Waals surface area contributed by atoms with E-state index in [4.69, 9.17) is 9.97 Å². The molecular weight excluding hydrogens is 448 g/mol. The van der Waals surface area contributed by atoms with Crippen molar-refractivity contribution in [3.05, 3.63) is 84.0 Å². The highest BCUT2D eigenvalue weighted by molar-refractivity contribution is 5.94. The number of H-pyrrole nitrogens is 2. The van der Waals surface area contributed by atoms with Gasteiger partial charge in [-0.3, -0.25) is 9.36 Å². The summed E-state index contributed by atoms with van der Waals surface area (Å²) in [5.41, 5.74) is 11.4. The van der Waals surface area contributed by atoms with Gasteiger partial charge in [0.1, 0.15) is 0 Å². The highest BCUT2D eigenvalue weighted by atomic mass is 15.2. The molecule has 0 spiro atoms. The number of aryl methyl sites for hydroxylation is 2. The van der Waals surface area contributed by atoms with Crippen LogP contribution >= 0.6 is 0 Å². The first kappa shape index (κ1) is 20.4. The fourth-order valence-corrected chi connectivity index (χ4v) is 4.78. The molecule has 0 saturated heterocycles. The van der Waals surface area contributed by atoms with E-state index in [1.165, 1.54) is 0 Å². The number of aromatic amines is 2. The SMILES string of the molecule is Cn1cc(-c2c3nc(cc4ccc([nH]4)c(-c4cnn(C)c4)c4ccc(cc5nc2C=C5)[nH]4)C=C3)cn1. The fourth-order valence-electron chi connectivity index (χ4n) is 4.78. The maximum Gasteiger partial charge on any atom is 0.0738 e. The Hall–Kier alpha value is -4.98. The number of nitrogens with one attached hydrogen (secondary N) is 2. The summed E-state index contributed by atoms with van der Waals surface area (Å²) in [7, 11) is 3.84. The highest BCUT2D eigenvalue weighted by Gasteiger charge is 2.15. The topological polar surface area (TPSA) is 93.0 Å². The number of aromatic nitrogens is 8. The molecule has 0 amide bonds. The standard InChI is InChI=1S/C28H22N8/c1-35-15-17(13-29-35)27-23-7-3-19(31-23)11-21-5-9-25(33-21)28(18-14-30-36(2)16-18)26-10-6-22(34-26)12-20-4-8-24(27)32-20/h3-16,31-32H,1-2H3. The molecule has 2 aliphatic rings. The van der Waals surface area contributed by atoms with Gasteiger partial charge in [-0.25, -0.2) is 9.97 Å². The number of fused-ring (bicyclic) bond motifs is 8. The van der Waals surface area contributed by atoms with Crippen molar-refractivity contribution in [1.29, 1.82) is 0 Å². The Balaban J connectivity index is 1.58. The van der Waals surface area contributed by atoms with Crippen molar-refractivity contribution in [3.8, 4) is 22.3 Å². The van der Waals surface area contributed by atoms with Gasteiger partial charge in [-0.05, 0) is 60.7 Å². The molecule has 0 atom stereocenters. The largest absolute Gasteiger partial charge is 0.355 e. The molecule has 174 valence electrons. The molecule has 0 aromatic carbocycles. The van der Waals surface area contributed by atoms with Crippen molar-refractivity contribution >= 4 is 46.4 Å². The average Bonchev–Trinajstić information content (AvgIpc) is 3.67. The molecule has 7 heterocycles. The van der Waals surface area contributed by atoms with E-state index in [9.17, 15) is 0 Å². The van der Waals surface area contributed by atoms with E-state index in [2.05, 4.69) is 56.6 Å². The van der Waals surface area contributed by atoms with E-state index in [1.807, 2.05) is 67.9 Å². The summed E-state index contributed by atoms with van der Waals surface area (Å²) in [6, 6.07) is 12.4. The summed E-state index contributed by atoms with van der Waals surface area (Å²) in [6.45, 7) is 0. The van der Waals surface area contributed by atoms with Crippen molar-refractivity contribution in [3.63, 3.8) is 0 Å². The van der Waals surface area contributed by atoms with Crippen LogP contribution in [0.4, 0.5) is 0 Å². The monoisotopic (exact) mass is 470 g/mol. The summed E-state index contributed by atoms with van der Waals surface area (Å²) in [4.78, 5) is 17.0. The van der Waals surface area contributed by atoms with Crippen LogP contribution in [0.2, 0.25) is 0 Å². The van der Waals surface area contributed by atoms with Crippen LogP contribution in [0.25, 0.3) is 68.6 Å². The van der Waals surface area contributed by atoms with E-state index < -0.39 is 0 Å². The Kier molecular flexibility index (Phi) is 4.41. The minimum Gasteiger partial charge on any atom is -0.355 e. The first-order valence-electron chi connectivity index (χ1n) is 11.7. The van der Waals surface area contributed by atoms with Crippen LogP contribution in [0.3, 0.4) is 0 Å². The lowest BCUT2D eigenvalue weighted by Gasteiger charge is -2.00. The average molecular weight is 471 g/mol. The predicted octanol–water partition coefficient (Wildman–Crippen LogP) is 5.46. The normalized spacial score (nSPS) is 12.5. The van der Waals surface area contributed by atoms with Gasteiger partial charge < -0.3 is 9.97 Å². The molecule has 2 aliphatic heterocycles. The second kappa shape index (κ2) is 7.78.